The highest BCUT2D eigenvalue weighted by atomic mass is 15.1. The molecule has 3 aromatic heterocycles. The first-order valence-electron chi connectivity index (χ1n) is 5.55. The maximum Gasteiger partial charge on any atom is 0.209 e. The zero-order valence-corrected chi connectivity index (χ0v) is 10.0. The zero-order valence-electron chi connectivity index (χ0n) is 10.0. The molecule has 3 aromatic rings. The molecule has 0 fully saturated rings. The van der Waals surface area contributed by atoms with E-state index in [0.29, 0.717) is 23.0 Å². The minimum absolute atomic E-state index is 0.384. The van der Waals surface area contributed by atoms with Crippen molar-refractivity contribution in [3.05, 3.63) is 36.2 Å². The van der Waals surface area contributed by atoms with E-state index in [0.717, 1.165) is 5.52 Å². The molecule has 0 spiro atoms. The molecule has 0 unspecified atom stereocenters. The summed E-state index contributed by atoms with van der Waals surface area (Å²) >= 11 is 0. The highest BCUT2D eigenvalue weighted by Crippen LogP contribution is 2.15. The van der Waals surface area contributed by atoms with Crippen molar-refractivity contribution in [3.63, 3.8) is 0 Å². The molecule has 0 saturated carbocycles. The minimum atomic E-state index is 0.384. The summed E-state index contributed by atoms with van der Waals surface area (Å²) in [5, 5.41) is 10.6. The average molecular weight is 251 g/mol. The lowest BCUT2D eigenvalue weighted by Crippen LogP contribution is -1.99. The molecule has 3 heterocycles. The van der Waals surface area contributed by atoms with E-state index < -0.39 is 0 Å². The van der Waals surface area contributed by atoms with Gasteiger partial charge in [-0.1, -0.05) is 0 Å². The quantitative estimate of drug-likeness (QED) is 0.615. The number of hydrogen-bond acceptors (Lipinski definition) is 6. The molecule has 7 nitrogen and oxygen atoms in total. The van der Waals surface area contributed by atoms with Gasteiger partial charge < -0.3 is 10.3 Å². The molecule has 0 bridgehead atoms. The van der Waals surface area contributed by atoms with Gasteiger partial charge in [-0.3, -0.25) is 0 Å². The van der Waals surface area contributed by atoms with Gasteiger partial charge in [-0.15, -0.1) is 5.10 Å². The lowest BCUT2D eigenvalue weighted by atomic mass is 10.4. The van der Waals surface area contributed by atoms with Gasteiger partial charge in [0.25, 0.3) is 0 Å². The van der Waals surface area contributed by atoms with Gasteiger partial charge in [-0.05, 0) is 24.0 Å². The smallest absolute Gasteiger partial charge is 0.209 e. The van der Waals surface area contributed by atoms with E-state index in [9.17, 15) is 0 Å². The molecule has 0 aliphatic carbocycles. The van der Waals surface area contributed by atoms with E-state index in [1.165, 1.54) is 0 Å². The molecule has 2 N–H and O–H groups in total. The van der Waals surface area contributed by atoms with Crippen LogP contribution in [-0.2, 0) is 0 Å². The maximum absolute atomic E-state index is 4.29. The molecule has 0 aliphatic heterocycles. The highest BCUT2D eigenvalue weighted by molar-refractivity contribution is 5.82. The van der Waals surface area contributed by atoms with E-state index >= 15 is 0 Å². The second-order valence-electron chi connectivity index (χ2n) is 3.61. The molecule has 0 aromatic carbocycles. The predicted octanol–water partition coefficient (Wildman–Crippen LogP) is 0.584. The average Bonchev–Trinajstić information content (AvgIpc) is 2.93. The third kappa shape index (κ3) is 2.19. The standard InChI is InChI=1S/C12H9N7/c1-13-11-10-12(15-7-14-10)18-9(17-11)5-4-8-3-2-6-16-19-8/h2-3,6-7H,1H3,(H2,13,14,15,17,18). The van der Waals surface area contributed by atoms with Gasteiger partial charge in [0.05, 0.1) is 6.33 Å². The van der Waals surface area contributed by atoms with Crippen LogP contribution in [0.5, 0.6) is 0 Å². The molecular weight excluding hydrogens is 242 g/mol. The number of aromatic nitrogens is 6. The van der Waals surface area contributed by atoms with Crippen LogP contribution >= 0.6 is 0 Å². The number of nitrogens with zero attached hydrogens (tertiary/aromatic N) is 5. The molecule has 0 atom stereocenters. The Morgan fingerprint density at radius 3 is 3.00 bits per heavy atom. The fraction of sp³-hybridized carbons (Fsp3) is 0.0833. The van der Waals surface area contributed by atoms with E-state index in [1.54, 1.807) is 31.7 Å². The lowest BCUT2D eigenvalue weighted by Gasteiger charge is -1.99. The van der Waals surface area contributed by atoms with Crippen molar-refractivity contribution < 1.29 is 0 Å². The van der Waals surface area contributed by atoms with Crippen LogP contribution in [0.15, 0.2) is 24.7 Å². The molecule has 0 aliphatic rings. The molecular formula is C12H9N7. The van der Waals surface area contributed by atoms with Crippen molar-refractivity contribution in [2.75, 3.05) is 12.4 Å². The Bertz CT molecular complexity index is 767. The number of H-pyrrole nitrogens is 1. The van der Waals surface area contributed by atoms with Crippen LogP contribution in [0.2, 0.25) is 0 Å². The first-order valence-corrected chi connectivity index (χ1v) is 5.55. The Balaban J connectivity index is 2.04. The first-order chi connectivity index (χ1) is 9.36. The van der Waals surface area contributed by atoms with Crippen molar-refractivity contribution in [2.24, 2.45) is 0 Å². The van der Waals surface area contributed by atoms with Gasteiger partial charge in [0.1, 0.15) is 11.2 Å². The van der Waals surface area contributed by atoms with Crippen molar-refractivity contribution in [2.45, 2.75) is 0 Å². The van der Waals surface area contributed by atoms with Crippen LogP contribution in [0.4, 0.5) is 5.82 Å². The van der Waals surface area contributed by atoms with Gasteiger partial charge in [-0.25, -0.2) is 9.97 Å². The van der Waals surface area contributed by atoms with Crippen LogP contribution in [0.25, 0.3) is 11.2 Å². The summed E-state index contributed by atoms with van der Waals surface area (Å²) in [4.78, 5) is 15.6. The second kappa shape index (κ2) is 4.70. The van der Waals surface area contributed by atoms with E-state index in [1.807, 2.05) is 0 Å². The normalized spacial score (nSPS) is 9.95. The fourth-order valence-corrected chi connectivity index (χ4v) is 1.56. The number of imidazole rings is 1. The van der Waals surface area contributed by atoms with Crippen molar-refractivity contribution in [1.82, 2.24) is 30.1 Å². The van der Waals surface area contributed by atoms with Crippen molar-refractivity contribution in [3.8, 4) is 11.8 Å². The Morgan fingerprint density at radius 1 is 1.26 bits per heavy atom. The van der Waals surface area contributed by atoms with Gasteiger partial charge in [0.15, 0.2) is 11.5 Å². The van der Waals surface area contributed by atoms with Crippen molar-refractivity contribution in [1.29, 1.82) is 0 Å². The topological polar surface area (TPSA) is 92.3 Å². The largest absolute Gasteiger partial charge is 0.371 e. The molecule has 0 amide bonds. The Hall–Kier alpha value is -3.01. The summed E-state index contributed by atoms with van der Waals surface area (Å²) in [6.45, 7) is 0. The van der Waals surface area contributed by atoms with Gasteiger partial charge in [0.2, 0.25) is 5.82 Å². The predicted molar refractivity (Wildman–Crippen MR) is 69.2 cm³/mol. The summed E-state index contributed by atoms with van der Waals surface area (Å²) in [5.41, 5.74) is 1.90. The lowest BCUT2D eigenvalue weighted by molar-refractivity contribution is 1.01. The number of anilines is 1. The minimum Gasteiger partial charge on any atom is -0.371 e. The third-order valence-corrected chi connectivity index (χ3v) is 2.40. The van der Waals surface area contributed by atoms with Crippen LogP contribution in [-0.4, -0.2) is 37.2 Å². The van der Waals surface area contributed by atoms with Crippen LogP contribution < -0.4 is 5.32 Å². The van der Waals surface area contributed by atoms with E-state index in [4.69, 9.17) is 0 Å². The number of fused-ring (bicyclic) bond motifs is 1. The van der Waals surface area contributed by atoms with Gasteiger partial charge in [-0.2, -0.15) is 10.1 Å². The fourth-order valence-electron chi connectivity index (χ4n) is 1.56. The van der Waals surface area contributed by atoms with Gasteiger partial charge >= 0.3 is 0 Å². The first kappa shape index (κ1) is 11.1. The summed E-state index contributed by atoms with van der Waals surface area (Å²) in [5.74, 6) is 6.75. The summed E-state index contributed by atoms with van der Waals surface area (Å²) in [6.07, 6.45) is 3.16. The molecule has 92 valence electrons. The number of nitrogens with one attached hydrogen (secondary N) is 2. The third-order valence-electron chi connectivity index (χ3n) is 2.40. The summed E-state index contributed by atoms with van der Waals surface area (Å²) in [7, 11) is 1.78. The Morgan fingerprint density at radius 2 is 2.21 bits per heavy atom. The van der Waals surface area contributed by atoms with E-state index in [-0.39, 0.29) is 0 Å². The zero-order chi connectivity index (χ0) is 13.1. The SMILES string of the molecule is CNc1nc(C#Cc2cccnn2)nc2nc[nH]c12. The molecule has 19 heavy (non-hydrogen) atoms. The summed E-state index contributed by atoms with van der Waals surface area (Å²) < 4.78 is 0. The Kier molecular flexibility index (Phi) is 2.74. The molecule has 3 rings (SSSR count). The van der Waals surface area contributed by atoms with Crippen molar-refractivity contribution >= 4 is 17.0 Å². The highest BCUT2D eigenvalue weighted by Gasteiger charge is 2.06. The van der Waals surface area contributed by atoms with Crippen LogP contribution in [0.1, 0.15) is 11.5 Å². The molecule has 0 saturated heterocycles. The van der Waals surface area contributed by atoms with Gasteiger partial charge in [0, 0.05) is 13.2 Å². The number of rotatable bonds is 1. The number of hydrogen-bond donors (Lipinski definition) is 2. The van der Waals surface area contributed by atoms with Crippen LogP contribution in [0, 0.1) is 11.8 Å². The maximum atomic E-state index is 4.29. The molecule has 0 radical (unpaired) electrons. The molecule has 7 heteroatoms. The number of aromatic amines is 1. The monoisotopic (exact) mass is 251 g/mol. The van der Waals surface area contributed by atoms with E-state index in [2.05, 4.69) is 47.3 Å². The van der Waals surface area contributed by atoms with Crippen LogP contribution in [0.3, 0.4) is 0 Å². The second-order valence-corrected chi connectivity index (χ2v) is 3.61. The summed E-state index contributed by atoms with van der Waals surface area (Å²) in [6, 6.07) is 3.54. The Labute approximate surface area is 108 Å².